The fraction of sp³-hybridized carbons (Fsp3) is 0.167. The highest BCUT2D eigenvalue weighted by Gasteiger charge is 2.11. The van der Waals surface area contributed by atoms with Crippen LogP contribution in [0.5, 0.6) is 11.5 Å². The Bertz CT molecular complexity index is 801. The number of nitrogens with one attached hydrogen (secondary N) is 1. The van der Waals surface area contributed by atoms with Crippen LogP contribution in [-0.4, -0.2) is 19.2 Å². The zero-order valence-corrected chi connectivity index (χ0v) is 15.1. The van der Waals surface area contributed by atoms with Gasteiger partial charge in [-0.05, 0) is 39.2 Å². The van der Waals surface area contributed by atoms with Crippen molar-refractivity contribution in [2.24, 2.45) is 5.10 Å². The Morgan fingerprint density at radius 2 is 2.12 bits per heavy atom. The molecule has 25 heavy (non-hydrogen) atoms. The lowest BCUT2D eigenvalue weighted by Gasteiger charge is -2.13. The second kappa shape index (κ2) is 9.45. The monoisotopic (exact) mass is 401 g/mol. The summed E-state index contributed by atoms with van der Waals surface area (Å²) in [4.78, 5) is 11.2. The number of hydrogen-bond donors (Lipinski definition) is 1. The lowest BCUT2D eigenvalue weighted by Crippen LogP contribution is -2.16. The first-order chi connectivity index (χ1) is 12.1. The van der Waals surface area contributed by atoms with Crippen LogP contribution in [0.1, 0.15) is 17.5 Å². The van der Waals surface area contributed by atoms with Gasteiger partial charge in [0.05, 0.1) is 23.9 Å². The number of carbonyl (C=O) groups is 1. The number of ether oxygens (including phenoxy) is 2. The molecule has 2 rings (SSSR count). The van der Waals surface area contributed by atoms with Crippen LogP contribution in [0.15, 0.2) is 52.0 Å². The molecule has 0 spiro atoms. The van der Waals surface area contributed by atoms with Gasteiger partial charge in [0.1, 0.15) is 13.0 Å². The highest BCUT2D eigenvalue weighted by Crippen LogP contribution is 2.36. The fourth-order valence-corrected chi connectivity index (χ4v) is 2.55. The van der Waals surface area contributed by atoms with Gasteiger partial charge in [-0.3, -0.25) is 4.79 Å². The summed E-state index contributed by atoms with van der Waals surface area (Å²) in [5.74, 6) is 0.653. The van der Waals surface area contributed by atoms with E-state index in [4.69, 9.17) is 14.7 Å². The first-order valence-electron chi connectivity index (χ1n) is 7.37. The molecular formula is C18H16BrN3O3. The van der Waals surface area contributed by atoms with Crippen molar-refractivity contribution in [3.63, 3.8) is 0 Å². The predicted octanol–water partition coefficient (Wildman–Crippen LogP) is 3.40. The number of benzene rings is 2. The maximum atomic E-state index is 11.2. The van der Waals surface area contributed by atoms with Crippen molar-refractivity contribution in [1.82, 2.24) is 5.43 Å². The molecule has 0 aromatic heterocycles. The second-order valence-corrected chi connectivity index (χ2v) is 5.79. The molecule has 128 valence electrons. The van der Waals surface area contributed by atoms with Gasteiger partial charge < -0.3 is 9.47 Å². The molecule has 6 nitrogen and oxygen atoms in total. The molecule has 0 saturated heterocycles. The first-order valence-corrected chi connectivity index (χ1v) is 8.16. The van der Waals surface area contributed by atoms with Crippen molar-refractivity contribution in [1.29, 1.82) is 5.26 Å². The van der Waals surface area contributed by atoms with Crippen LogP contribution in [-0.2, 0) is 11.4 Å². The molecule has 2 aromatic rings. The number of hydrogen-bond acceptors (Lipinski definition) is 5. The zero-order chi connectivity index (χ0) is 18.1. The summed E-state index contributed by atoms with van der Waals surface area (Å²) >= 11 is 3.46. The Morgan fingerprint density at radius 1 is 1.36 bits per heavy atom. The maximum absolute atomic E-state index is 11.2. The quantitative estimate of drug-likeness (QED) is 0.569. The summed E-state index contributed by atoms with van der Waals surface area (Å²) in [5.41, 5.74) is 4.02. The van der Waals surface area contributed by atoms with Crippen LogP contribution in [0.3, 0.4) is 0 Å². The molecule has 0 aliphatic carbocycles. The van der Waals surface area contributed by atoms with Crippen molar-refractivity contribution < 1.29 is 14.3 Å². The van der Waals surface area contributed by atoms with Gasteiger partial charge in [0.2, 0.25) is 0 Å². The van der Waals surface area contributed by atoms with Crippen molar-refractivity contribution in [2.75, 3.05) is 7.11 Å². The molecular weight excluding hydrogens is 386 g/mol. The normalized spacial score (nSPS) is 10.3. The Kier molecular flexibility index (Phi) is 6.99. The van der Waals surface area contributed by atoms with E-state index in [1.807, 2.05) is 30.3 Å². The van der Waals surface area contributed by atoms with Crippen molar-refractivity contribution in [2.45, 2.75) is 13.0 Å². The molecule has 7 heteroatoms. The third-order valence-electron chi connectivity index (χ3n) is 3.12. The van der Waals surface area contributed by atoms with Gasteiger partial charge in [-0.15, -0.1) is 0 Å². The van der Waals surface area contributed by atoms with E-state index >= 15 is 0 Å². The van der Waals surface area contributed by atoms with Gasteiger partial charge in [-0.2, -0.15) is 10.4 Å². The summed E-state index contributed by atoms with van der Waals surface area (Å²) in [6, 6.07) is 15.1. The number of rotatable bonds is 7. The van der Waals surface area contributed by atoms with Crippen LogP contribution in [0.4, 0.5) is 0 Å². The summed E-state index contributed by atoms with van der Waals surface area (Å²) in [6.07, 6.45) is 1.22. The fourth-order valence-electron chi connectivity index (χ4n) is 1.97. The van der Waals surface area contributed by atoms with Crippen molar-refractivity contribution in [3.05, 3.63) is 58.1 Å². The van der Waals surface area contributed by atoms with Gasteiger partial charge in [-0.25, -0.2) is 5.43 Å². The summed E-state index contributed by atoms with van der Waals surface area (Å²) in [7, 11) is 1.55. The minimum Gasteiger partial charge on any atom is -0.493 e. The molecule has 2 aromatic carbocycles. The molecule has 1 amide bonds. The van der Waals surface area contributed by atoms with Crippen LogP contribution >= 0.6 is 15.9 Å². The molecule has 0 aliphatic heterocycles. The van der Waals surface area contributed by atoms with E-state index in [9.17, 15) is 4.79 Å². The van der Waals surface area contributed by atoms with Crippen LogP contribution in [0.2, 0.25) is 0 Å². The van der Waals surface area contributed by atoms with Crippen LogP contribution < -0.4 is 14.9 Å². The summed E-state index contributed by atoms with van der Waals surface area (Å²) in [5, 5.41) is 12.2. The largest absolute Gasteiger partial charge is 0.493 e. The molecule has 0 radical (unpaired) electrons. The highest BCUT2D eigenvalue weighted by molar-refractivity contribution is 9.10. The minimum atomic E-state index is -0.465. The van der Waals surface area contributed by atoms with Gasteiger partial charge in [-0.1, -0.05) is 30.3 Å². The molecule has 0 fully saturated rings. The number of methoxy groups -OCH3 is 1. The number of hydrazone groups is 1. The number of nitriles is 1. The van der Waals surface area contributed by atoms with Crippen LogP contribution in [0.25, 0.3) is 0 Å². The Morgan fingerprint density at radius 3 is 2.80 bits per heavy atom. The SMILES string of the molecule is COc1cc(/C=N/NC(=O)CC#N)cc(Br)c1OCc1ccccc1. The number of carbonyl (C=O) groups excluding carboxylic acids is 1. The topological polar surface area (TPSA) is 83.7 Å². The third-order valence-corrected chi connectivity index (χ3v) is 3.71. The Balaban J connectivity index is 2.10. The Hall–Kier alpha value is -2.85. The molecule has 0 aliphatic rings. The summed E-state index contributed by atoms with van der Waals surface area (Å²) < 4.78 is 11.9. The van der Waals surface area contributed by atoms with Crippen molar-refractivity contribution >= 4 is 28.1 Å². The molecule has 0 unspecified atom stereocenters. The smallest absolute Gasteiger partial charge is 0.254 e. The standard InChI is InChI=1S/C18H16BrN3O3/c1-24-16-10-14(11-21-22-17(23)7-8-20)9-15(19)18(16)25-12-13-5-3-2-4-6-13/h2-6,9-11H,7,12H2,1H3,(H,22,23)/b21-11+. The average Bonchev–Trinajstić information content (AvgIpc) is 2.61. The van der Waals surface area contributed by atoms with Gasteiger partial charge in [0.25, 0.3) is 5.91 Å². The van der Waals surface area contributed by atoms with Gasteiger partial charge in [0.15, 0.2) is 11.5 Å². The molecule has 1 N–H and O–H groups in total. The number of halogens is 1. The highest BCUT2D eigenvalue weighted by atomic mass is 79.9. The van der Waals surface area contributed by atoms with E-state index in [0.29, 0.717) is 28.1 Å². The van der Waals surface area contributed by atoms with E-state index in [0.717, 1.165) is 5.56 Å². The van der Waals surface area contributed by atoms with Gasteiger partial charge in [0, 0.05) is 0 Å². The number of nitrogens with zero attached hydrogens (tertiary/aromatic N) is 2. The summed E-state index contributed by atoms with van der Waals surface area (Å²) in [6.45, 7) is 0.410. The minimum absolute atomic E-state index is 0.239. The van der Waals surface area contributed by atoms with E-state index < -0.39 is 5.91 Å². The lowest BCUT2D eigenvalue weighted by molar-refractivity contribution is -0.120. The number of amides is 1. The molecule has 0 atom stereocenters. The predicted molar refractivity (Wildman–Crippen MR) is 97.4 cm³/mol. The van der Waals surface area contributed by atoms with Crippen molar-refractivity contribution in [3.8, 4) is 17.6 Å². The zero-order valence-electron chi connectivity index (χ0n) is 13.5. The average molecular weight is 402 g/mol. The third kappa shape index (κ3) is 5.62. The lowest BCUT2D eigenvalue weighted by atomic mass is 10.2. The molecule has 0 saturated carbocycles. The first kappa shape index (κ1) is 18.5. The van der Waals surface area contributed by atoms with E-state index in [-0.39, 0.29) is 6.42 Å². The second-order valence-electron chi connectivity index (χ2n) is 4.94. The van der Waals surface area contributed by atoms with E-state index in [2.05, 4.69) is 26.5 Å². The van der Waals surface area contributed by atoms with E-state index in [1.165, 1.54) is 6.21 Å². The van der Waals surface area contributed by atoms with Crippen LogP contribution in [0, 0.1) is 11.3 Å². The molecule has 0 heterocycles. The molecule has 0 bridgehead atoms. The Labute approximate surface area is 154 Å². The maximum Gasteiger partial charge on any atom is 0.254 e. The van der Waals surface area contributed by atoms with Gasteiger partial charge >= 0.3 is 0 Å². The van der Waals surface area contributed by atoms with E-state index in [1.54, 1.807) is 25.3 Å².